The lowest BCUT2D eigenvalue weighted by Gasteiger charge is -2.18. The molecule has 2 atom stereocenters. The highest BCUT2D eigenvalue weighted by atomic mass is 35.5. The molecule has 3 N–H and O–H groups in total. The Hall–Kier alpha value is -2.28. The topological polar surface area (TPSA) is 113 Å². The molecule has 1 rings (SSSR count). The molecule has 21 heavy (non-hydrogen) atoms. The molecule has 1 aromatic carbocycles. The Morgan fingerprint density at radius 2 is 1.81 bits per heavy atom. The van der Waals surface area contributed by atoms with Crippen LogP contribution in [0.1, 0.15) is 12.0 Å². The van der Waals surface area contributed by atoms with E-state index in [1.165, 1.54) is 0 Å². The number of alkyl halides is 1. The third-order valence-electron chi connectivity index (χ3n) is 2.48. The van der Waals surface area contributed by atoms with Gasteiger partial charge < -0.3 is 20.3 Å². The number of halogens is 1. The molecular formula is C13H14ClNO6. The standard InChI is InChI=1S/C13H14ClNO6/c14-9(6-10(16)17)11(12(18)19)15-13(20)21-7-8-4-2-1-3-5-8/h1-5,9,11H,6-7H2,(H,15,20)(H,16,17)(H,18,19)/t9-,11-/m0/s1. The van der Waals surface area contributed by atoms with Crippen LogP contribution in [-0.4, -0.2) is 39.7 Å². The van der Waals surface area contributed by atoms with Crippen LogP contribution in [0, 0.1) is 0 Å². The SMILES string of the molecule is O=C(O)C[C@H](Cl)[C@H](NC(=O)OCc1ccccc1)C(=O)O. The number of carbonyl (C=O) groups excluding carboxylic acids is 1. The number of hydrogen-bond donors (Lipinski definition) is 3. The average Bonchev–Trinajstić information content (AvgIpc) is 2.42. The minimum absolute atomic E-state index is 0.0368. The van der Waals surface area contributed by atoms with Crippen LogP contribution in [0.4, 0.5) is 4.79 Å². The number of nitrogens with one attached hydrogen (secondary N) is 1. The van der Waals surface area contributed by atoms with Crippen molar-refractivity contribution in [3.63, 3.8) is 0 Å². The molecule has 0 spiro atoms. The predicted molar refractivity (Wildman–Crippen MR) is 73.1 cm³/mol. The molecule has 0 unspecified atom stereocenters. The molecule has 0 fully saturated rings. The van der Waals surface area contributed by atoms with Gasteiger partial charge in [0.2, 0.25) is 0 Å². The van der Waals surface area contributed by atoms with Crippen molar-refractivity contribution in [1.29, 1.82) is 0 Å². The third-order valence-corrected chi connectivity index (χ3v) is 2.89. The number of ether oxygens (including phenoxy) is 1. The van der Waals surface area contributed by atoms with Gasteiger partial charge in [-0.3, -0.25) is 4.79 Å². The first-order valence-electron chi connectivity index (χ1n) is 5.96. The Bertz CT molecular complexity index is 507. The lowest BCUT2D eigenvalue weighted by molar-refractivity contribution is -0.140. The van der Waals surface area contributed by atoms with Gasteiger partial charge in [-0.05, 0) is 5.56 Å². The van der Waals surface area contributed by atoms with E-state index in [2.05, 4.69) is 0 Å². The van der Waals surface area contributed by atoms with E-state index in [0.717, 1.165) is 5.56 Å². The molecule has 0 aliphatic heterocycles. The maximum absolute atomic E-state index is 11.5. The number of rotatable bonds is 7. The van der Waals surface area contributed by atoms with Crippen molar-refractivity contribution in [3.8, 4) is 0 Å². The van der Waals surface area contributed by atoms with Gasteiger partial charge in [0.15, 0.2) is 0 Å². The maximum atomic E-state index is 11.5. The molecule has 1 aromatic rings. The molecule has 0 aliphatic carbocycles. The highest BCUT2D eigenvalue weighted by Gasteiger charge is 2.30. The Kier molecular flexibility index (Phi) is 6.48. The minimum Gasteiger partial charge on any atom is -0.481 e. The first-order valence-corrected chi connectivity index (χ1v) is 6.39. The van der Waals surface area contributed by atoms with Gasteiger partial charge in [-0.25, -0.2) is 9.59 Å². The van der Waals surface area contributed by atoms with Gasteiger partial charge in [0.05, 0.1) is 11.8 Å². The first kappa shape index (κ1) is 16.8. The van der Waals surface area contributed by atoms with Crippen LogP contribution < -0.4 is 5.32 Å². The van der Waals surface area contributed by atoms with Crippen LogP contribution in [0.2, 0.25) is 0 Å². The van der Waals surface area contributed by atoms with Gasteiger partial charge in [0.25, 0.3) is 0 Å². The van der Waals surface area contributed by atoms with Gasteiger partial charge in [-0.1, -0.05) is 30.3 Å². The molecule has 114 valence electrons. The van der Waals surface area contributed by atoms with E-state index in [1.807, 2.05) is 5.32 Å². The summed E-state index contributed by atoms with van der Waals surface area (Å²) >= 11 is 5.67. The lowest BCUT2D eigenvalue weighted by Crippen LogP contribution is -2.47. The number of carboxylic acid groups (broad SMARTS) is 2. The second-order valence-electron chi connectivity index (χ2n) is 4.14. The van der Waals surface area contributed by atoms with Crippen LogP contribution in [0.5, 0.6) is 0 Å². The van der Waals surface area contributed by atoms with Gasteiger partial charge in [-0.2, -0.15) is 0 Å². The normalized spacial score (nSPS) is 13.0. The lowest BCUT2D eigenvalue weighted by atomic mass is 10.1. The second-order valence-corrected chi connectivity index (χ2v) is 4.70. The number of carbonyl (C=O) groups is 3. The van der Waals surface area contributed by atoms with Crippen LogP contribution >= 0.6 is 11.6 Å². The van der Waals surface area contributed by atoms with Gasteiger partial charge in [0, 0.05) is 0 Å². The zero-order valence-electron chi connectivity index (χ0n) is 10.9. The van der Waals surface area contributed by atoms with Crippen molar-refractivity contribution < 1.29 is 29.3 Å². The Morgan fingerprint density at radius 1 is 1.19 bits per heavy atom. The smallest absolute Gasteiger partial charge is 0.408 e. The fraction of sp³-hybridized carbons (Fsp3) is 0.308. The first-order chi connectivity index (χ1) is 9.90. The molecular weight excluding hydrogens is 302 g/mol. The fourth-order valence-corrected chi connectivity index (χ4v) is 1.79. The van der Waals surface area contributed by atoms with E-state index in [-0.39, 0.29) is 6.61 Å². The molecule has 0 saturated carbocycles. The van der Waals surface area contributed by atoms with Crippen molar-refractivity contribution in [2.75, 3.05) is 0 Å². The van der Waals surface area contributed by atoms with Crippen LogP contribution in [0.25, 0.3) is 0 Å². The van der Waals surface area contributed by atoms with E-state index < -0.39 is 35.9 Å². The van der Waals surface area contributed by atoms with E-state index in [1.54, 1.807) is 30.3 Å². The Labute approximate surface area is 125 Å². The summed E-state index contributed by atoms with van der Waals surface area (Å²) in [5, 5.41) is 18.3. The molecule has 0 saturated heterocycles. The number of aliphatic carboxylic acids is 2. The molecule has 0 aliphatic rings. The molecule has 0 heterocycles. The monoisotopic (exact) mass is 315 g/mol. The summed E-state index contributed by atoms with van der Waals surface area (Å²) in [4.78, 5) is 33.0. The maximum Gasteiger partial charge on any atom is 0.408 e. The second kappa shape index (κ2) is 8.11. The molecule has 0 radical (unpaired) electrons. The zero-order chi connectivity index (χ0) is 15.8. The Balaban J connectivity index is 2.52. The minimum atomic E-state index is -1.55. The molecule has 7 nitrogen and oxygen atoms in total. The number of hydrogen-bond acceptors (Lipinski definition) is 4. The van der Waals surface area contributed by atoms with Crippen molar-refractivity contribution >= 4 is 29.6 Å². The molecule has 1 amide bonds. The van der Waals surface area contributed by atoms with Crippen LogP contribution in [-0.2, 0) is 20.9 Å². The summed E-state index contributed by atoms with van der Waals surface area (Å²) in [6, 6.07) is 7.24. The van der Waals surface area contributed by atoms with Crippen LogP contribution in [0.15, 0.2) is 30.3 Å². The summed E-state index contributed by atoms with van der Waals surface area (Å²) in [6.45, 7) is -0.0368. The highest BCUT2D eigenvalue weighted by molar-refractivity contribution is 6.23. The van der Waals surface area contributed by atoms with Crippen molar-refractivity contribution in [1.82, 2.24) is 5.32 Å². The fourth-order valence-electron chi connectivity index (χ4n) is 1.48. The van der Waals surface area contributed by atoms with Gasteiger partial charge >= 0.3 is 18.0 Å². The van der Waals surface area contributed by atoms with Crippen molar-refractivity contribution in [2.45, 2.75) is 24.4 Å². The molecule has 0 aromatic heterocycles. The predicted octanol–water partition coefficient (Wildman–Crippen LogP) is 1.45. The van der Waals surface area contributed by atoms with E-state index in [4.69, 9.17) is 26.6 Å². The van der Waals surface area contributed by atoms with Gasteiger partial charge in [0.1, 0.15) is 12.6 Å². The quantitative estimate of drug-likeness (QED) is 0.656. The summed E-state index contributed by atoms with van der Waals surface area (Å²) < 4.78 is 4.84. The number of alkyl carbamates (subject to hydrolysis) is 1. The Morgan fingerprint density at radius 3 is 2.33 bits per heavy atom. The third kappa shape index (κ3) is 6.13. The van der Waals surface area contributed by atoms with Gasteiger partial charge in [-0.15, -0.1) is 11.6 Å². The summed E-state index contributed by atoms with van der Waals surface area (Å²) in [6.07, 6.45) is -1.58. The van der Waals surface area contributed by atoms with Crippen LogP contribution in [0.3, 0.4) is 0 Å². The number of amides is 1. The molecule has 0 bridgehead atoms. The van der Waals surface area contributed by atoms with E-state index in [0.29, 0.717) is 0 Å². The largest absolute Gasteiger partial charge is 0.481 e. The summed E-state index contributed by atoms with van der Waals surface area (Å²) in [7, 11) is 0. The number of carboxylic acids is 2. The van der Waals surface area contributed by atoms with E-state index in [9.17, 15) is 14.4 Å². The summed E-state index contributed by atoms with van der Waals surface area (Å²) in [5.41, 5.74) is 0.729. The van der Waals surface area contributed by atoms with Crippen molar-refractivity contribution in [2.24, 2.45) is 0 Å². The highest BCUT2D eigenvalue weighted by Crippen LogP contribution is 2.09. The van der Waals surface area contributed by atoms with E-state index >= 15 is 0 Å². The molecule has 8 heteroatoms. The zero-order valence-corrected chi connectivity index (χ0v) is 11.6. The van der Waals surface area contributed by atoms with Crippen molar-refractivity contribution in [3.05, 3.63) is 35.9 Å². The summed E-state index contributed by atoms with van der Waals surface area (Å²) in [5.74, 6) is -2.70. The average molecular weight is 316 g/mol. The number of benzene rings is 1.